The summed E-state index contributed by atoms with van der Waals surface area (Å²) in [5.74, 6) is -0.963. The average Bonchev–Trinajstić information content (AvgIpc) is 3.36. The van der Waals surface area contributed by atoms with Crippen molar-refractivity contribution in [3.8, 4) is 0 Å². The first kappa shape index (κ1) is 28.0. The van der Waals surface area contributed by atoms with E-state index in [0.717, 1.165) is 11.0 Å². The first-order chi connectivity index (χ1) is 20.5. The second-order valence-corrected chi connectivity index (χ2v) is 10.9. The largest absolute Gasteiger partial charge is 0.464 e. The molecular formula is C32H35N3O7. The fourth-order valence-electron chi connectivity index (χ4n) is 6.36. The number of benzene rings is 2. The number of ether oxygens (including phenoxy) is 2. The van der Waals surface area contributed by atoms with Crippen LogP contribution in [0.15, 0.2) is 80.6 Å². The highest BCUT2D eigenvalue weighted by Gasteiger charge is 2.40. The van der Waals surface area contributed by atoms with Crippen molar-refractivity contribution in [2.24, 2.45) is 5.92 Å². The van der Waals surface area contributed by atoms with Crippen molar-refractivity contribution in [1.82, 2.24) is 14.5 Å². The third-order valence-corrected chi connectivity index (χ3v) is 8.43. The average molecular weight is 574 g/mol. The number of rotatable bonds is 8. The summed E-state index contributed by atoms with van der Waals surface area (Å²) in [7, 11) is 0. The van der Waals surface area contributed by atoms with E-state index in [4.69, 9.17) is 13.9 Å². The van der Waals surface area contributed by atoms with Crippen LogP contribution in [0.25, 0.3) is 22.0 Å². The molecule has 0 aliphatic carbocycles. The van der Waals surface area contributed by atoms with E-state index in [1.807, 2.05) is 37.3 Å². The molecule has 42 heavy (non-hydrogen) atoms. The van der Waals surface area contributed by atoms with Crippen molar-refractivity contribution in [1.29, 1.82) is 0 Å². The number of allylic oxidation sites excluding steroid dienone is 1. The molecule has 2 aromatic carbocycles. The van der Waals surface area contributed by atoms with Crippen LogP contribution in [0, 0.1) is 5.92 Å². The smallest absolute Gasteiger partial charge is 0.326 e. The summed E-state index contributed by atoms with van der Waals surface area (Å²) in [4.78, 5) is 44.8. The molecule has 2 aromatic heterocycles. The lowest BCUT2D eigenvalue weighted by Crippen LogP contribution is -2.44. The predicted octanol–water partition coefficient (Wildman–Crippen LogP) is 4.05. The predicted molar refractivity (Wildman–Crippen MR) is 157 cm³/mol. The zero-order valence-corrected chi connectivity index (χ0v) is 23.5. The van der Waals surface area contributed by atoms with E-state index in [1.54, 1.807) is 33.7 Å². The summed E-state index contributed by atoms with van der Waals surface area (Å²) in [5.41, 5.74) is 2.25. The molecule has 2 aliphatic heterocycles. The Labute approximate surface area is 242 Å². The maximum Gasteiger partial charge on any atom is 0.326 e. The van der Waals surface area contributed by atoms with Crippen LogP contribution in [-0.4, -0.2) is 58.1 Å². The summed E-state index contributed by atoms with van der Waals surface area (Å²) in [6, 6.07) is 14.6. The van der Waals surface area contributed by atoms with Gasteiger partial charge in [0.25, 0.3) is 5.91 Å². The molecule has 2 aliphatic rings. The SMILES string of the molecule is CCOC1OC(C(=O)N2CCC(n3c(=O)[nH]c4ccccc43)CC2)=CC(c2coc3ccccc3c2=O)C1CCCO. The molecule has 1 amide bonds. The molecule has 0 saturated carbocycles. The number of amides is 1. The number of piperidine rings is 1. The number of carbonyl (C=O) groups is 1. The topological polar surface area (TPSA) is 127 Å². The third kappa shape index (κ3) is 5.16. The molecule has 0 radical (unpaired) electrons. The first-order valence-electron chi connectivity index (χ1n) is 14.6. The molecule has 1 fully saturated rings. The third-order valence-electron chi connectivity index (χ3n) is 8.43. The number of hydrogen-bond donors (Lipinski definition) is 2. The molecule has 2 N–H and O–H groups in total. The van der Waals surface area contributed by atoms with Gasteiger partial charge >= 0.3 is 5.69 Å². The number of nitrogens with one attached hydrogen (secondary N) is 1. The lowest BCUT2D eigenvalue weighted by Gasteiger charge is -2.38. The van der Waals surface area contributed by atoms with Gasteiger partial charge in [-0.25, -0.2) is 4.79 Å². The van der Waals surface area contributed by atoms with E-state index in [-0.39, 0.29) is 41.4 Å². The number of imidazole rings is 1. The monoisotopic (exact) mass is 573 g/mol. The van der Waals surface area contributed by atoms with Crippen molar-refractivity contribution < 1.29 is 23.8 Å². The Morgan fingerprint density at radius 3 is 2.64 bits per heavy atom. The van der Waals surface area contributed by atoms with Crippen LogP contribution in [0.2, 0.25) is 0 Å². The second kappa shape index (κ2) is 12.0. The van der Waals surface area contributed by atoms with Crippen molar-refractivity contribution in [2.45, 2.75) is 50.9 Å². The lowest BCUT2D eigenvalue weighted by molar-refractivity contribution is -0.170. The van der Waals surface area contributed by atoms with Crippen molar-refractivity contribution >= 4 is 27.9 Å². The maximum atomic E-state index is 13.8. The standard InChI is InChI=1S/C32H35N3O7/c1-2-40-31-21(9-7-17-36)23(24-19-41-27-12-6-3-8-22(27)29(24)37)18-28(42-31)30(38)34-15-13-20(14-16-34)35-26-11-5-4-10-25(26)33-32(35)39/h3-6,8,10-12,18-21,23,31,36H,2,7,9,13-17H2,1H3,(H,33,39). The number of nitrogens with zero attached hydrogens (tertiary/aromatic N) is 2. The number of fused-ring (bicyclic) bond motifs is 2. The highest BCUT2D eigenvalue weighted by Crippen LogP contribution is 2.39. The van der Waals surface area contributed by atoms with Crippen LogP contribution in [-0.2, 0) is 14.3 Å². The number of aromatic nitrogens is 2. The molecule has 220 valence electrons. The molecule has 0 spiro atoms. The zero-order valence-electron chi connectivity index (χ0n) is 23.5. The van der Waals surface area contributed by atoms with Crippen LogP contribution in [0.3, 0.4) is 0 Å². The van der Waals surface area contributed by atoms with Gasteiger partial charge in [0.2, 0.25) is 6.29 Å². The van der Waals surface area contributed by atoms with Gasteiger partial charge in [0.1, 0.15) is 5.58 Å². The van der Waals surface area contributed by atoms with Gasteiger partial charge in [-0.2, -0.15) is 0 Å². The summed E-state index contributed by atoms with van der Waals surface area (Å²) >= 11 is 0. The molecule has 1 saturated heterocycles. The van der Waals surface area contributed by atoms with Crippen molar-refractivity contribution in [3.63, 3.8) is 0 Å². The van der Waals surface area contributed by atoms with E-state index in [1.165, 1.54) is 6.26 Å². The Kier molecular flexibility index (Phi) is 7.99. The van der Waals surface area contributed by atoms with Crippen LogP contribution in [0.1, 0.15) is 50.1 Å². The van der Waals surface area contributed by atoms with Gasteiger partial charge in [-0.3, -0.25) is 14.2 Å². The van der Waals surface area contributed by atoms with Crippen molar-refractivity contribution in [2.75, 3.05) is 26.3 Å². The number of H-pyrrole nitrogens is 1. The van der Waals surface area contributed by atoms with Gasteiger partial charge in [-0.15, -0.1) is 0 Å². The van der Waals surface area contributed by atoms with Crippen LogP contribution >= 0.6 is 0 Å². The number of aromatic amines is 1. The zero-order chi connectivity index (χ0) is 29.2. The fourth-order valence-corrected chi connectivity index (χ4v) is 6.36. The molecule has 3 unspecified atom stereocenters. The van der Waals surface area contributed by atoms with Gasteiger partial charge in [-0.05, 0) is 62.9 Å². The highest BCUT2D eigenvalue weighted by atomic mass is 16.7. The first-order valence-corrected chi connectivity index (χ1v) is 14.6. The minimum Gasteiger partial charge on any atom is -0.464 e. The van der Waals surface area contributed by atoms with E-state index in [2.05, 4.69) is 4.98 Å². The Morgan fingerprint density at radius 2 is 1.86 bits per heavy atom. The Hall–Kier alpha value is -4.15. The van der Waals surface area contributed by atoms with Gasteiger partial charge in [0.05, 0.1) is 22.7 Å². The minimum atomic E-state index is -0.774. The van der Waals surface area contributed by atoms with E-state index in [0.29, 0.717) is 61.9 Å². The van der Waals surface area contributed by atoms with Crippen LogP contribution < -0.4 is 11.1 Å². The minimum absolute atomic E-state index is 0.0155. The van der Waals surface area contributed by atoms with E-state index >= 15 is 0 Å². The number of aliphatic hydroxyl groups is 1. The Morgan fingerprint density at radius 1 is 1.10 bits per heavy atom. The normalized spacial score (nSPS) is 21.4. The fraction of sp³-hybridized carbons (Fsp3) is 0.406. The summed E-state index contributed by atoms with van der Waals surface area (Å²) in [6.45, 7) is 3.09. The molecular weight excluding hydrogens is 538 g/mol. The van der Waals surface area contributed by atoms with Crippen molar-refractivity contribution in [3.05, 3.63) is 92.9 Å². The van der Waals surface area contributed by atoms with Gasteiger partial charge in [0, 0.05) is 49.7 Å². The molecule has 10 nitrogen and oxygen atoms in total. The molecule has 0 bridgehead atoms. The number of para-hydroxylation sites is 3. The lowest BCUT2D eigenvalue weighted by atomic mass is 9.80. The Balaban J connectivity index is 1.29. The molecule has 4 aromatic rings. The molecule has 10 heteroatoms. The van der Waals surface area contributed by atoms with Gasteiger partial charge < -0.3 is 28.9 Å². The summed E-state index contributed by atoms with van der Waals surface area (Å²) < 4.78 is 19.8. The maximum absolute atomic E-state index is 13.8. The molecule has 4 heterocycles. The number of aliphatic hydroxyl groups excluding tert-OH is 1. The highest BCUT2D eigenvalue weighted by molar-refractivity contribution is 5.92. The second-order valence-electron chi connectivity index (χ2n) is 10.9. The summed E-state index contributed by atoms with van der Waals surface area (Å²) in [6.07, 6.45) is 4.67. The number of hydrogen-bond acceptors (Lipinski definition) is 7. The van der Waals surface area contributed by atoms with Crippen LogP contribution in [0.4, 0.5) is 0 Å². The van der Waals surface area contributed by atoms with Gasteiger partial charge in [-0.1, -0.05) is 24.3 Å². The molecule has 3 atom stereocenters. The van der Waals surface area contributed by atoms with E-state index < -0.39 is 12.2 Å². The number of likely N-dealkylation sites (tertiary alicyclic amines) is 1. The molecule has 6 rings (SSSR count). The number of carbonyl (C=O) groups excluding carboxylic acids is 1. The van der Waals surface area contributed by atoms with Crippen LogP contribution in [0.5, 0.6) is 0 Å². The van der Waals surface area contributed by atoms with Gasteiger partial charge in [0.15, 0.2) is 11.2 Å². The Bertz CT molecular complexity index is 1730. The van der Waals surface area contributed by atoms with E-state index in [9.17, 15) is 19.5 Å². The summed E-state index contributed by atoms with van der Waals surface area (Å²) in [5, 5.41) is 10.0. The quantitative estimate of drug-likeness (QED) is 0.326.